The van der Waals surface area contributed by atoms with Crippen molar-refractivity contribution in [3.05, 3.63) is 102 Å². The van der Waals surface area contributed by atoms with Gasteiger partial charge in [0.15, 0.2) is 11.5 Å². The molecule has 7 rings (SSSR count). The molecule has 0 saturated carbocycles. The summed E-state index contributed by atoms with van der Waals surface area (Å²) in [6, 6.07) is 21.3. The number of carbonyl (C=O) groups is 5. The molecule has 5 amide bonds. The van der Waals surface area contributed by atoms with E-state index in [9.17, 15) is 24.0 Å². The molecule has 0 bridgehead atoms. The molecule has 15 heteroatoms. The molecule has 5 N–H and O–H groups in total. The Morgan fingerprint density at radius 2 is 1.39 bits per heavy atom. The van der Waals surface area contributed by atoms with Crippen molar-refractivity contribution in [1.82, 2.24) is 14.0 Å². The summed E-state index contributed by atoms with van der Waals surface area (Å²) in [7, 11) is 5.06. The Kier molecular flexibility index (Phi) is 12.0. The fraction of sp³-hybridized carbons (Fsp3) is 0.295. The molecule has 15 nitrogen and oxygen atoms in total. The summed E-state index contributed by atoms with van der Waals surface area (Å²) in [6.07, 6.45) is 7.25. The molecule has 3 aromatic carbocycles. The van der Waals surface area contributed by atoms with E-state index >= 15 is 0 Å². The standard InChI is InChI=1S/C44H48N8O7/c1-27(53)46-30-14-16-32(17-15-30)49-42(55)37-20-29(25-50(37)2)28-10-12-31(13-11-28)48-43(56)38-21-33(26-51(38)3)47-41(54)9-7-19-59-40-23-36-35(22-39(40)58-4)44(57)52-18-6-5-8-34(52)24-45-36/h10-17,20-23,25-26,34,45H,5-9,18-19,24H2,1-4H3,(H,46,53)(H,47,54)(H,48,56)(H,49,55). The number of benzene rings is 3. The normalized spacial score (nSPS) is 14.5. The average molecular weight is 801 g/mol. The molecule has 1 fully saturated rings. The lowest BCUT2D eigenvalue weighted by atomic mass is 10.0. The maximum absolute atomic E-state index is 13.3. The van der Waals surface area contributed by atoms with Gasteiger partial charge in [0.2, 0.25) is 11.8 Å². The fourth-order valence-electron chi connectivity index (χ4n) is 7.44. The molecule has 2 aliphatic heterocycles. The van der Waals surface area contributed by atoms with Crippen LogP contribution in [0.3, 0.4) is 0 Å². The minimum atomic E-state index is -0.347. The quantitative estimate of drug-likeness (QED) is 0.0816. The predicted octanol–water partition coefficient (Wildman–Crippen LogP) is 6.72. The molecule has 306 valence electrons. The van der Waals surface area contributed by atoms with E-state index in [1.54, 1.807) is 90.1 Å². The summed E-state index contributed by atoms with van der Waals surface area (Å²) in [5.74, 6) is -0.0690. The van der Waals surface area contributed by atoms with Gasteiger partial charge in [-0.3, -0.25) is 24.0 Å². The molecule has 2 aromatic heterocycles. The largest absolute Gasteiger partial charge is 0.493 e. The first-order valence-electron chi connectivity index (χ1n) is 19.6. The number of ether oxygens (including phenoxy) is 2. The van der Waals surface area contributed by atoms with Crippen molar-refractivity contribution >= 4 is 58.0 Å². The zero-order valence-corrected chi connectivity index (χ0v) is 33.5. The number of piperidine rings is 1. The summed E-state index contributed by atoms with van der Waals surface area (Å²) in [5, 5.41) is 14.8. The van der Waals surface area contributed by atoms with Gasteiger partial charge < -0.3 is 50.1 Å². The summed E-state index contributed by atoms with van der Waals surface area (Å²) >= 11 is 0. The molecule has 1 unspecified atom stereocenters. The smallest absolute Gasteiger partial charge is 0.272 e. The van der Waals surface area contributed by atoms with E-state index in [0.29, 0.717) is 69.9 Å². The molecule has 0 spiro atoms. The number of hydrogen-bond acceptors (Lipinski definition) is 8. The van der Waals surface area contributed by atoms with Crippen LogP contribution in [0.25, 0.3) is 11.1 Å². The lowest BCUT2D eigenvalue weighted by Gasteiger charge is -2.34. The number of aryl methyl sites for hydroxylation is 2. The lowest BCUT2D eigenvalue weighted by Crippen LogP contribution is -2.45. The second-order valence-corrected chi connectivity index (χ2v) is 14.8. The maximum atomic E-state index is 13.3. The SMILES string of the molecule is COc1cc2c(cc1OCCCC(=O)Nc1cc(C(=O)Nc3ccc(-c4cc(C(=O)Nc5ccc(NC(C)=O)cc5)n(C)c4)cc3)n(C)c1)NCC1CCCCN1C2=O. The van der Waals surface area contributed by atoms with Gasteiger partial charge in [-0.1, -0.05) is 12.1 Å². The van der Waals surface area contributed by atoms with Crippen molar-refractivity contribution in [2.75, 3.05) is 53.4 Å². The number of amides is 5. The zero-order chi connectivity index (χ0) is 41.6. The number of nitrogens with zero attached hydrogens (tertiary/aromatic N) is 3. The minimum Gasteiger partial charge on any atom is -0.493 e. The van der Waals surface area contributed by atoms with Crippen LogP contribution in [0.2, 0.25) is 0 Å². The van der Waals surface area contributed by atoms with E-state index < -0.39 is 0 Å². The Balaban J connectivity index is 0.888. The molecular formula is C44H48N8O7. The number of anilines is 5. The van der Waals surface area contributed by atoms with Crippen molar-refractivity contribution in [3.8, 4) is 22.6 Å². The molecule has 1 saturated heterocycles. The van der Waals surface area contributed by atoms with Crippen LogP contribution in [0.1, 0.15) is 70.4 Å². The van der Waals surface area contributed by atoms with E-state index in [1.165, 1.54) is 14.0 Å². The van der Waals surface area contributed by atoms with Crippen LogP contribution in [-0.2, 0) is 23.7 Å². The molecule has 0 aliphatic carbocycles. The molecule has 2 aliphatic rings. The first-order chi connectivity index (χ1) is 28.4. The Morgan fingerprint density at radius 1 is 0.746 bits per heavy atom. The topological polar surface area (TPSA) is 177 Å². The van der Waals surface area contributed by atoms with Crippen LogP contribution in [0, 0.1) is 0 Å². The Hall–Kier alpha value is -7.03. The predicted molar refractivity (Wildman–Crippen MR) is 226 cm³/mol. The molecular weight excluding hydrogens is 753 g/mol. The Bertz CT molecular complexity index is 2380. The molecule has 5 aromatic rings. The van der Waals surface area contributed by atoms with Crippen molar-refractivity contribution in [1.29, 1.82) is 0 Å². The highest BCUT2D eigenvalue weighted by atomic mass is 16.5. The number of nitrogens with one attached hydrogen (secondary N) is 5. The number of aromatic nitrogens is 2. The van der Waals surface area contributed by atoms with Crippen molar-refractivity contribution in [2.45, 2.75) is 45.1 Å². The van der Waals surface area contributed by atoms with Crippen LogP contribution in [0.4, 0.5) is 28.4 Å². The first-order valence-corrected chi connectivity index (χ1v) is 19.6. The van der Waals surface area contributed by atoms with E-state index in [0.717, 1.165) is 36.9 Å². The highest BCUT2D eigenvalue weighted by molar-refractivity contribution is 6.06. The van der Waals surface area contributed by atoms with Crippen molar-refractivity contribution in [3.63, 3.8) is 0 Å². The van der Waals surface area contributed by atoms with E-state index in [-0.39, 0.29) is 48.6 Å². The number of hydrogen-bond donors (Lipinski definition) is 5. The van der Waals surface area contributed by atoms with Gasteiger partial charge in [0, 0.05) is 87.7 Å². The van der Waals surface area contributed by atoms with Gasteiger partial charge in [-0.25, -0.2) is 0 Å². The van der Waals surface area contributed by atoms with E-state index in [2.05, 4.69) is 26.6 Å². The molecule has 0 radical (unpaired) electrons. The van der Waals surface area contributed by atoms with Gasteiger partial charge in [0.25, 0.3) is 17.7 Å². The molecule has 4 heterocycles. The lowest BCUT2D eigenvalue weighted by molar-refractivity contribution is -0.116. The number of methoxy groups -OCH3 is 1. The Labute approximate surface area is 342 Å². The summed E-state index contributed by atoms with van der Waals surface area (Å²) in [5.41, 5.74) is 6.07. The van der Waals surface area contributed by atoms with E-state index in [4.69, 9.17) is 9.47 Å². The monoisotopic (exact) mass is 800 g/mol. The molecule has 1 atom stereocenters. The second-order valence-electron chi connectivity index (χ2n) is 14.8. The minimum absolute atomic E-state index is 0.00130. The summed E-state index contributed by atoms with van der Waals surface area (Å²) < 4.78 is 15.0. The number of fused-ring (bicyclic) bond motifs is 2. The van der Waals surface area contributed by atoms with Crippen LogP contribution in [0.5, 0.6) is 11.5 Å². The second kappa shape index (κ2) is 17.6. The van der Waals surface area contributed by atoms with Gasteiger partial charge in [-0.15, -0.1) is 0 Å². The Morgan fingerprint density at radius 3 is 2.07 bits per heavy atom. The first kappa shape index (κ1) is 40.2. The van der Waals surface area contributed by atoms with Gasteiger partial charge >= 0.3 is 0 Å². The van der Waals surface area contributed by atoms with E-state index in [1.807, 2.05) is 23.2 Å². The number of carbonyl (C=O) groups excluding carboxylic acids is 5. The van der Waals surface area contributed by atoms with Crippen molar-refractivity contribution in [2.24, 2.45) is 14.1 Å². The van der Waals surface area contributed by atoms with Crippen LogP contribution in [-0.4, -0.2) is 76.4 Å². The third kappa shape index (κ3) is 9.41. The third-order valence-corrected chi connectivity index (χ3v) is 10.5. The summed E-state index contributed by atoms with van der Waals surface area (Å²) in [6.45, 7) is 3.12. The maximum Gasteiger partial charge on any atom is 0.272 e. The highest BCUT2D eigenvalue weighted by Crippen LogP contribution is 2.37. The van der Waals surface area contributed by atoms with Gasteiger partial charge in [0.05, 0.1) is 30.7 Å². The number of rotatable bonds is 13. The molecule has 59 heavy (non-hydrogen) atoms. The van der Waals surface area contributed by atoms with Crippen LogP contribution >= 0.6 is 0 Å². The van der Waals surface area contributed by atoms with Gasteiger partial charge in [-0.05, 0) is 85.8 Å². The average Bonchev–Trinajstić information content (AvgIpc) is 3.76. The zero-order valence-electron chi connectivity index (χ0n) is 33.5. The fourth-order valence-corrected chi connectivity index (χ4v) is 7.44. The van der Waals surface area contributed by atoms with Gasteiger partial charge in [0.1, 0.15) is 11.4 Å². The van der Waals surface area contributed by atoms with Crippen LogP contribution < -0.4 is 36.1 Å². The van der Waals surface area contributed by atoms with Gasteiger partial charge in [-0.2, -0.15) is 0 Å². The third-order valence-electron chi connectivity index (χ3n) is 10.5. The van der Waals surface area contributed by atoms with Crippen molar-refractivity contribution < 1.29 is 33.4 Å². The summed E-state index contributed by atoms with van der Waals surface area (Å²) in [4.78, 5) is 65.7. The highest BCUT2D eigenvalue weighted by Gasteiger charge is 2.32. The van der Waals surface area contributed by atoms with Crippen LogP contribution in [0.15, 0.2) is 85.2 Å².